The van der Waals surface area contributed by atoms with Gasteiger partial charge in [-0.25, -0.2) is 0 Å². The second kappa shape index (κ2) is 5.30. The molecule has 0 aliphatic rings. The van der Waals surface area contributed by atoms with Gasteiger partial charge in [0.2, 0.25) is 5.91 Å². The van der Waals surface area contributed by atoms with Crippen LogP contribution in [0.4, 0.5) is 5.69 Å². The first-order valence-corrected chi connectivity index (χ1v) is 5.13. The van der Waals surface area contributed by atoms with Crippen molar-refractivity contribution in [1.29, 1.82) is 0 Å². The molecule has 0 radical (unpaired) electrons. The van der Waals surface area contributed by atoms with Gasteiger partial charge in [0.05, 0.1) is 0 Å². The first kappa shape index (κ1) is 12.2. The zero-order valence-electron chi connectivity index (χ0n) is 9.38. The van der Waals surface area contributed by atoms with Gasteiger partial charge >= 0.3 is 5.97 Å². The lowest BCUT2D eigenvalue weighted by molar-refractivity contribution is -0.146. The predicted octanol–water partition coefficient (Wildman–Crippen LogP) is 1.76. The molecule has 1 N–H and O–H groups in total. The number of nitrogens with zero attached hydrogens (tertiary/aromatic N) is 1. The van der Waals surface area contributed by atoms with E-state index in [1.807, 2.05) is 6.07 Å². The van der Waals surface area contributed by atoms with Crippen molar-refractivity contribution in [2.24, 2.45) is 5.92 Å². The van der Waals surface area contributed by atoms with E-state index in [0.29, 0.717) is 12.1 Å². The fraction of sp³-hybridized carbons (Fsp3) is 0.333. The number of para-hydroxylation sites is 1. The van der Waals surface area contributed by atoms with E-state index in [2.05, 4.69) is 0 Å². The largest absolute Gasteiger partial charge is 0.481 e. The predicted molar refractivity (Wildman–Crippen MR) is 61.3 cm³/mol. The summed E-state index contributed by atoms with van der Waals surface area (Å²) in [6, 6.07) is 9.00. The van der Waals surface area contributed by atoms with Gasteiger partial charge in [0, 0.05) is 12.7 Å². The van der Waals surface area contributed by atoms with Gasteiger partial charge in [-0.3, -0.25) is 9.59 Å². The van der Waals surface area contributed by atoms with Crippen molar-refractivity contribution in [2.75, 3.05) is 11.9 Å². The van der Waals surface area contributed by atoms with Crippen LogP contribution in [0, 0.1) is 5.92 Å². The number of hydrogen-bond acceptors (Lipinski definition) is 2. The number of carbonyl (C=O) groups excluding carboxylic acids is 1. The van der Waals surface area contributed by atoms with E-state index in [9.17, 15) is 9.59 Å². The Hall–Kier alpha value is -1.84. The molecule has 1 unspecified atom stereocenters. The number of hydrogen-bond donors (Lipinski definition) is 1. The summed E-state index contributed by atoms with van der Waals surface area (Å²) >= 11 is 0. The van der Waals surface area contributed by atoms with Crippen LogP contribution < -0.4 is 4.90 Å². The third kappa shape index (κ3) is 2.59. The molecule has 4 nitrogen and oxygen atoms in total. The SMILES string of the molecule is CCC(C(=O)O)C(=O)N(C)c1ccccc1. The number of benzene rings is 1. The quantitative estimate of drug-likeness (QED) is 0.788. The number of carboxylic acid groups (broad SMARTS) is 1. The first-order chi connectivity index (χ1) is 7.57. The van der Waals surface area contributed by atoms with E-state index in [1.165, 1.54) is 4.90 Å². The van der Waals surface area contributed by atoms with E-state index in [0.717, 1.165) is 0 Å². The molecule has 0 spiro atoms. The number of amides is 1. The molecule has 0 aliphatic heterocycles. The van der Waals surface area contributed by atoms with Crippen molar-refractivity contribution in [3.8, 4) is 0 Å². The molecule has 1 amide bonds. The standard InChI is InChI=1S/C12H15NO3/c1-3-10(12(15)16)11(14)13(2)9-7-5-4-6-8-9/h4-8,10H,3H2,1-2H3,(H,15,16). The highest BCUT2D eigenvalue weighted by atomic mass is 16.4. The van der Waals surface area contributed by atoms with Crippen LogP contribution in [-0.4, -0.2) is 24.0 Å². The molecule has 86 valence electrons. The Labute approximate surface area is 94.5 Å². The molecular weight excluding hydrogens is 206 g/mol. The van der Waals surface area contributed by atoms with Crippen LogP contribution in [0.2, 0.25) is 0 Å². The Morgan fingerprint density at radius 1 is 1.31 bits per heavy atom. The molecule has 1 rings (SSSR count). The maximum atomic E-state index is 11.9. The summed E-state index contributed by atoms with van der Waals surface area (Å²) in [4.78, 5) is 24.1. The van der Waals surface area contributed by atoms with Gasteiger partial charge in [0.1, 0.15) is 5.92 Å². The average Bonchev–Trinajstić information content (AvgIpc) is 2.29. The lowest BCUT2D eigenvalue weighted by Crippen LogP contribution is -2.36. The monoisotopic (exact) mass is 221 g/mol. The maximum Gasteiger partial charge on any atom is 0.316 e. The lowest BCUT2D eigenvalue weighted by atomic mass is 10.1. The van der Waals surface area contributed by atoms with Crippen LogP contribution in [-0.2, 0) is 9.59 Å². The van der Waals surface area contributed by atoms with Gasteiger partial charge in [-0.1, -0.05) is 25.1 Å². The topological polar surface area (TPSA) is 57.6 Å². The van der Waals surface area contributed by atoms with Crippen molar-refractivity contribution in [1.82, 2.24) is 0 Å². The first-order valence-electron chi connectivity index (χ1n) is 5.13. The van der Waals surface area contributed by atoms with E-state index in [-0.39, 0.29) is 5.91 Å². The van der Waals surface area contributed by atoms with E-state index in [4.69, 9.17) is 5.11 Å². The van der Waals surface area contributed by atoms with E-state index in [1.54, 1.807) is 38.2 Å². The van der Waals surface area contributed by atoms with Gasteiger partial charge in [-0.2, -0.15) is 0 Å². The molecule has 0 heterocycles. The minimum absolute atomic E-state index is 0.297. The summed E-state index contributed by atoms with van der Waals surface area (Å²) in [7, 11) is 1.59. The molecule has 4 heteroatoms. The minimum Gasteiger partial charge on any atom is -0.481 e. The Bertz CT molecular complexity index is 375. The summed E-state index contributed by atoms with van der Waals surface area (Å²) in [6.45, 7) is 1.69. The van der Waals surface area contributed by atoms with Crippen LogP contribution in [0.3, 0.4) is 0 Å². The Morgan fingerprint density at radius 2 is 1.88 bits per heavy atom. The van der Waals surface area contributed by atoms with Crippen LogP contribution in [0.15, 0.2) is 30.3 Å². The Morgan fingerprint density at radius 3 is 2.31 bits per heavy atom. The van der Waals surface area contributed by atoms with Gasteiger partial charge in [-0.05, 0) is 18.6 Å². The van der Waals surface area contributed by atoms with Crippen molar-refractivity contribution in [2.45, 2.75) is 13.3 Å². The van der Waals surface area contributed by atoms with Crippen molar-refractivity contribution in [3.05, 3.63) is 30.3 Å². The maximum absolute atomic E-state index is 11.9. The number of carboxylic acids is 1. The summed E-state index contributed by atoms with van der Waals surface area (Å²) < 4.78 is 0. The highest BCUT2D eigenvalue weighted by Gasteiger charge is 2.27. The third-order valence-electron chi connectivity index (χ3n) is 2.48. The molecule has 0 fully saturated rings. The Balaban J connectivity index is 2.86. The lowest BCUT2D eigenvalue weighted by Gasteiger charge is -2.20. The number of aliphatic carboxylic acids is 1. The van der Waals surface area contributed by atoms with E-state index >= 15 is 0 Å². The molecule has 1 atom stereocenters. The van der Waals surface area contributed by atoms with Gasteiger partial charge < -0.3 is 10.0 Å². The molecule has 1 aromatic carbocycles. The second-order valence-corrected chi connectivity index (χ2v) is 3.53. The van der Waals surface area contributed by atoms with Crippen LogP contribution in [0.1, 0.15) is 13.3 Å². The van der Waals surface area contributed by atoms with Crippen molar-refractivity contribution < 1.29 is 14.7 Å². The third-order valence-corrected chi connectivity index (χ3v) is 2.48. The molecule has 16 heavy (non-hydrogen) atoms. The molecule has 0 bridgehead atoms. The van der Waals surface area contributed by atoms with Gasteiger partial charge in [0.25, 0.3) is 0 Å². The molecule has 0 saturated heterocycles. The van der Waals surface area contributed by atoms with Crippen molar-refractivity contribution in [3.63, 3.8) is 0 Å². The highest BCUT2D eigenvalue weighted by Crippen LogP contribution is 2.16. The van der Waals surface area contributed by atoms with Crippen LogP contribution in [0.25, 0.3) is 0 Å². The molecule has 1 aromatic rings. The Kier molecular flexibility index (Phi) is 4.05. The van der Waals surface area contributed by atoms with Crippen LogP contribution >= 0.6 is 0 Å². The smallest absolute Gasteiger partial charge is 0.316 e. The fourth-order valence-electron chi connectivity index (χ4n) is 1.47. The van der Waals surface area contributed by atoms with Crippen LogP contribution in [0.5, 0.6) is 0 Å². The minimum atomic E-state index is -1.07. The van der Waals surface area contributed by atoms with Crippen molar-refractivity contribution >= 4 is 17.6 Å². The molecule has 0 aliphatic carbocycles. The molecule has 0 aromatic heterocycles. The molecule has 0 saturated carbocycles. The van der Waals surface area contributed by atoms with Gasteiger partial charge in [0.15, 0.2) is 0 Å². The molecular formula is C12H15NO3. The highest BCUT2D eigenvalue weighted by molar-refractivity contribution is 6.05. The zero-order valence-corrected chi connectivity index (χ0v) is 9.38. The summed E-state index contributed by atoms with van der Waals surface area (Å²) in [5.74, 6) is -2.43. The number of anilines is 1. The normalized spacial score (nSPS) is 11.9. The number of rotatable bonds is 4. The number of carbonyl (C=O) groups is 2. The average molecular weight is 221 g/mol. The summed E-state index contributed by atoms with van der Waals surface area (Å²) in [5, 5.41) is 8.89. The fourth-order valence-corrected chi connectivity index (χ4v) is 1.47. The summed E-state index contributed by atoms with van der Waals surface area (Å²) in [6.07, 6.45) is 0.297. The second-order valence-electron chi connectivity index (χ2n) is 3.53. The van der Waals surface area contributed by atoms with Gasteiger partial charge in [-0.15, -0.1) is 0 Å². The van der Waals surface area contributed by atoms with E-state index < -0.39 is 11.9 Å². The summed E-state index contributed by atoms with van der Waals surface area (Å²) in [5.41, 5.74) is 0.701. The zero-order chi connectivity index (χ0) is 12.1.